The van der Waals surface area contributed by atoms with Gasteiger partial charge in [-0.1, -0.05) is 25.8 Å². The maximum atomic E-state index is 10.6. The zero-order valence-electron chi connectivity index (χ0n) is 12.1. The molecule has 1 aromatic carbocycles. The van der Waals surface area contributed by atoms with Crippen LogP contribution in [0.3, 0.4) is 0 Å². The van der Waals surface area contributed by atoms with Crippen molar-refractivity contribution in [2.75, 3.05) is 13.7 Å². The molecule has 0 fully saturated rings. The monoisotopic (exact) mass is 278 g/mol. The summed E-state index contributed by atoms with van der Waals surface area (Å²) in [6.07, 6.45) is 6.06. The highest BCUT2D eigenvalue weighted by atomic mass is 16.5. The van der Waals surface area contributed by atoms with Crippen LogP contribution in [0.5, 0.6) is 5.75 Å². The van der Waals surface area contributed by atoms with Gasteiger partial charge in [0.15, 0.2) is 0 Å². The van der Waals surface area contributed by atoms with Gasteiger partial charge in [-0.15, -0.1) is 0 Å². The fourth-order valence-electron chi connectivity index (χ4n) is 1.79. The first-order chi connectivity index (χ1) is 9.67. The maximum Gasteiger partial charge on any atom is 0.328 e. The number of rotatable bonds is 9. The molecule has 0 aromatic heterocycles. The third-order valence-corrected chi connectivity index (χ3v) is 2.91. The van der Waals surface area contributed by atoms with Crippen LogP contribution >= 0.6 is 0 Å². The quantitative estimate of drug-likeness (QED) is 0.555. The molecule has 0 bridgehead atoms. The largest absolute Gasteiger partial charge is 0.497 e. The number of hydrogen-bond donors (Lipinski definition) is 1. The SMILES string of the molecule is CCCCCOCc1cc(OC)ccc1C=CC(=O)O. The number of carboxylic acid groups (broad SMARTS) is 1. The van der Waals surface area contributed by atoms with Gasteiger partial charge in [0.05, 0.1) is 13.7 Å². The van der Waals surface area contributed by atoms with Gasteiger partial charge >= 0.3 is 5.97 Å². The highest BCUT2D eigenvalue weighted by Gasteiger charge is 2.03. The van der Waals surface area contributed by atoms with Gasteiger partial charge in [0, 0.05) is 12.7 Å². The highest BCUT2D eigenvalue weighted by Crippen LogP contribution is 2.20. The molecular weight excluding hydrogens is 256 g/mol. The van der Waals surface area contributed by atoms with E-state index in [-0.39, 0.29) is 0 Å². The van der Waals surface area contributed by atoms with E-state index in [1.807, 2.05) is 18.2 Å². The van der Waals surface area contributed by atoms with Crippen LogP contribution in [0, 0.1) is 0 Å². The summed E-state index contributed by atoms with van der Waals surface area (Å²) >= 11 is 0. The molecule has 0 unspecified atom stereocenters. The van der Waals surface area contributed by atoms with Crippen molar-refractivity contribution in [3.05, 3.63) is 35.4 Å². The van der Waals surface area contributed by atoms with E-state index in [0.717, 1.165) is 42.2 Å². The molecule has 0 spiro atoms. The molecular formula is C16H22O4. The van der Waals surface area contributed by atoms with Gasteiger partial charge in [-0.05, 0) is 35.8 Å². The van der Waals surface area contributed by atoms with E-state index in [9.17, 15) is 4.79 Å². The first kappa shape index (κ1) is 16.2. The lowest BCUT2D eigenvalue weighted by Crippen LogP contribution is -1.99. The summed E-state index contributed by atoms with van der Waals surface area (Å²) in [5.74, 6) is -0.222. The molecule has 0 heterocycles. The number of unbranched alkanes of at least 4 members (excludes halogenated alkanes) is 2. The van der Waals surface area contributed by atoms with Crippen molar-refractivity contribution in [1.29, 1.82) is 0 Å². The average Bonchev–Trinajstić information content (AvgIpc) is 2.45. The molecule has 0 amide bonds. The van der Waals surface area contributed by atoms with Crippen LogP contribution in [0.1, 0.15) is 37.3 Å². The molecule has 0 aliphatic heterocycles. The van der Waals surface area contributed by atoms with Gasteiger partial charge < -0.3 is 14.6 Å². The summed E-state index contributed by atoms with van der Waals surface area (Å²) in [5.41, 5.74) is 1.77. The summed E-state index contributed by atoms with van der Waals surface area (Å²) in [7, 11) is 1.61. The maximum absolute atomic E-state index is 10.6. The summed E-state index contributed by atoms with van der Waals surface area (Å²) < 4.78 is 10.8. The van der Waals surface area contributed by atoms with E-state index in [4.69, 9.17) is 14.6 Å². The number of hydrogen-bond acceptors (Lipinski definition) is 3. The predicted octanol–water partition coefficient (Wildman–Crippen LogP) is 3.50. The fourth-order valence-corrected chi connectivity index (χ4v) is 1.79. The normalized spacial score (nSPS) is 10.9. The third-order valence-electron chi connectivity index (χ3n) is 2.91. The molecule has 0 aliphatic carbocycles. The van der Waals surface area contributed by atoms with Gasteiger partial charge in [-0.2, -0.15) is 0 Å². The van der Waals surface area contributed by atoms with E-state index >= 15 is 0 Å². The van der Waals surface area contributed by atoms with Gasteiger partial charge in [0.2, 0.25) is 0 Å². The number of ether oxygens (including phenoxy) is 2. The van der Waals surface area contributed by atoms with Crippen molar-refractivity contribution in [1.82, 2.24) is 0 Å². The van der Waals surface area contributed by atoms with Crippen molar-refractivity contribution in [3.8, 4) is 5.75 Å². The van der Waals surface area contributed by atoms with Crippen molar-refractivity contribution < 1.29 is 19.4 Å². The standard InChI is InChI=1S/C16H22O4/c1-3-4-5-10-20-12-14-11-15(19-2)8-6-13(14)7-9-16(17)18/h6-9,11H,3-5,10,12H2,1-2H3,(H,17,18). The summed E-state index contributed by atoms with van der Waals surface area (Å²) in [6, 6.07) is 5.52. The number of methoxy groups -OCH3 is 1. The first-order valence-corrected chi connectivity index (χ1v) is 6.83. The van der Waals surface area contributed by atoms with Crippen LogP contribution < -0.4 is 4.74 Å². The van der Waals surface area contributed by atoms with Gasteiger partial charge in [-0.3, -0.25) is 0 Å². The minimum absolute atomic E-state index is 0.459. The Morgan fingerprint density at radius 1 is 1.35 bits per heavy atom. The minimum atomic E-state index is -0.962. The van der Waals surface area contributed by atoms with Gasteiger partial charge in [0.25, 0.3) is 0 Å². The lowest BCUT2D eigenvalue weighted by atomic mass is 10.1. The van der Waals surface area contributed by atoms with Gasteiger partial charge in [0.1, 0.15) is 5.75 Å². The lowest BCUT2D eigenvalue weighted by molar-refractivity contribution is -0.131. The molecule has 0 atom stereocenters. The van der Waals surface area contributed by atoms with Crippen LogP contribution in [-0.4, -0.2) is 24.8 Å². The zero-order valence-corrected chi connectivity index (χ0v) is 12.1. The van der Waals surface area contributed by atoms with Crippen LogP contribution in [-0.2, 0) is 16.1 Å². The molecule has 4 nitrogen and oxygen atoms in total. The molecule has 1 aromatic rings. The number of carboxylic acids is 1. The van der Waals surface area contributed by atoms with E-state index in [1.54, 1.807) is 13.2 Å². The van der Waals surface area contributed by atoms with Crippen molar-refractivity contribution in [2.45, 2.75) is 32.8 Å². The Bertz CT molecular complexity index is 452. The minimum Gasteiger partial charge on any atom is -0.497 e. The molecule has 110 valence electrons. The summed E-state index contributed by atoms with van der Waals surface area (Å²) in [4.78, 5) is 10.6. The molecule has 0 saturated carbocycles. The molecule has 1 N–H and O–H groups in total. The Balaban J connectivity index is 2.70. The fraction of sp³-hybridized carbons (Fsp3) is 0.438. The van der Waals surface area contributed by atoms with Crippen molar-refractivity contribution in [2.24, 2.45) is 0 Å². The molecule has 0 saturated heterocycles. The molecule has 1 rings (SSSR count). The first-order valence-electron chi connectivity index (χ1n) is 6.83. The van der Waals surface area contributed by atoms with Crippen LogP contribution in [0.25, 0.3) is 6.08 Å². The molecule has 0 radical (unpaired) electrons. The Kier molecular flexibility index (Phi) is 7.43. The summed E-state index contributed by atoms with van der Waals surface area (Å²) in [6.45, 7) is 3.32. The van der Waals surface area contributed by atoms with E-state index in [1.165, 1.54) is 0 Å². The Morgan fingerprint density at radius 3 is 2.80 bits per heavy atom. The van der Waals surface area contributed by atoms with E-state index < -0.39 is 5.97 Å². The Hall–Kier alpha value is -1.81. The number of benzene rings is 1. The van der Waals surface area contributed by atoms with Gasteiger partial charge in [-0.25, -0.2) is 4.79 Å². The summed E-state index contributed by atoms with van der Waals surface area (Å²) in [5, 5.41) is 8.70. The Labute approximate surface area is 120 Å². The zero-order chi connectivity index (χ0) is 14.8. The second-order valence-corrected chi connectivity index (χ2v) is 4.50. The Morgan fingerprint density at radius 2 is 2.15 bits per heavy atom. The van der Waals surface area contributed by atoms with Crippen LogP contribution in [0.15, 0.2) is 24.3 Å². The second-order valence-electron chi connectivity index (χ2n) is 4.50. The predicted molar refractivity (Wildman–Crippen MR) is 78.8 cm³/mol. The number of aliphatic carboxylic acids is 1. The average molecular weight is 278 g/mol. The molecule has 20 heavy (non-hydrogen) atoms. The van der Waals surface area contributed by atoms with Crippen molar-refractivity contribution in [3.63, 3.8) is 0 Å². The van der Waals surface area contributed by atoms with Crippen LogP contribution in [0.2, 0.25) is 0 Å². The lowest BCUT2D eigenvalue weighted by Gasteiger charge is -2.09. The molecule has 4 heteroatoms. The smallest absolute Gasteiger partial charge is 0.328 e. The van der Waals surface area contributed by atoms with E-state index in [0.29, 0.717) is 13.2 Å². The second kappa shape index (κ2) is 9.15. The highest BCUT2D eigenvalue weighted by molar-refractivity contribution is 5.85. The number of carbonyl (C=O) groups is 1. The molecule has 0 aliphatic rings. The van der Waals surface area contributed by atoms with Crippen LogP contribution in [0.4, 0.5) is 0 Å². The van der Waals surface area contributed by atoms with E-state index in [2.05, 4.69) is 6.92 Å². The van der Waals surface area contributed by atoms with Crippen molar-refractivity contribution >= 4 is 12.0 Å². The topological polar surface area (TPSA) is 55.8 Å². The third kappa shape index (κ3) is 5.89.